The smallest absolute Gasteiger partial charge is 0.328 e. The number of likely N-dealkylation sites (tertiary alicyclic amines) is 1. The molecule has 1 saturated heterocycles. The van der Waals surface area contributed by atoms with Gasteiger partial charge in [-0.3, -0.25) is 9.36 Å². The second kappa shape index (κ2) is 8.52. The third-order valence-electron chi connectivity index (χ3n) is 6.74. The van der Waals surface area contributed by atoms with E-state index in [4.69, 9.17) is 9.47 Å². The number of hydrogen-bond acceptors (Lipinski definition) is 6. The third-order valence-corrected chi connectivity index (χ3v) is 7.90. The lowest BCUT2D eigenvalue weighted by Gasteiger charge is -2.29. The summed E-state index contributed by atoms with van der Waals surface area (Å²) in [5.41, 5.74) is 1.22. The van der Waals surface area contributed by atoms with Gasteiger partial charge in [-0.25, -0.2) is 4.79 Å². The van der Waals surface area contributed by atoms with Gasteiger partial charge in [0.1, 0.15) is 16.2 Å². The third kappa shape index (κ3) is 3.53. The molecule has 0 radical (unpaired) electrons. The topological polar surface area (TPSA) is 76.6 Å². The second-order valence-corrected chi connectivity index (χ2v) is 9.55. The molecule has 7 nitrogen and oxygen atoms in total. The van der Waals surface area contributed by atoms with Crippen LogP contribution in [0.4, 0.5) is 0 Å². The Labute approximate surface area is 200 Å². The first-order valence-electron chi connectivity index (χ1n) is 10.8. The lowest BCUT2D eigenvalue weighted by Crippen LogP contribution is -2.38. The fourth-order valence-corrected chi connectivity index (χ4v) is 6.29. The van der Waals surface area contributed by atoms with Crippen molar-refractivity contribution in [2.75, 3.05) is 33.4 Å². The van der Waals surface area contributed by atoms with Crippen molar-refractivity contribution in [2.24, 2.45) is 5.92 Å². The minimum absolute atomic E-state index is 0. The van der Waals surface area contributed by atoms with Crippen molar-refractivity contribution in [3.05, 3.63) is 68.9 Å². The predicted octanol–water partition coefficient (Wildman–Crippen LogP) is 3.44. The van der Waals surface area contributed by atoms with Gasteiger partial charge in [0.25, 0.3) is 5.56 Å². The molecule has 0 amide bonds. The molecule has 0 aliphatic carbocycles. The van der Waals surface area contributed by atoms with Gasteiger partial charge < -0.3 is 19.4 Å². The summed E-state index contributed by atoms with van der Waals surface area (Å²) < 4.78 is 14.5. The van der Waals surface area contributed by atoms with E-state index in [0.29, 0.717) is 41.7 Å². The van der Waals surface area contributed by atoms with Crippen LogP contribution < -0.4 is 20.7 Å². The van der Waals surface area contributed by atoms with Crippen LogP contribution >= 0.6 is 23.7 Å². The van der Waals surface area contributed by atoms with Crippen LogP contribution in [0.2, 0.25) is 0 Å². The van der Waals surface area contributed by atoms with Crippen LogP contribution in [0, 0.1) is 5.92 Å². The number of H-pyrrole nitrogens is 1. The molecule has 4 aromatic rings. The Balaban J connectivity index is 0.00000228. The lowest BCUT2D eigenvalue weighted by molar-refractivity contribution is 0.208. The molecule has 1 fully saturated rings. The number of ether oxygens (including phenoxy) is 2. The van der Waals surface area contributed by atoms with Crippen LogP contribution in [0.25, 0.3) is 20.3 Å². The van der Waals surface area contributed by atoms with E-state index in [-0.39, 0.29) is 23.7 Å². The fourth-order valence-electron chi connectivity index (χ4n) is 5.18. The highest BCUT2D eigenvalue weighted by Gasteiger charge is 2.40. The molecule has 0 bridgehead atoms. The molecule has 4 heterocycles. The number of nitrogens with zero attached hydrogens (tertiary/aromatic N) is 2. The maximum Gasteiger partial charge on any atom is 0.328 e. The van der Waals surface area contributed by atoms with Gasteiger partial charge in [0.2, 0.25) is 0 Å². The van der Waals surface area contributed by atoms with Crippen molar-refractivity contribution in [3.63, 3.8) is 0 Å². The molecule has 2 atom stereocenters. The minimum Gasteiger partial charge on any atom is -0.496 e. The summed E-state index contributed by atoms with van der Waals surface area (Å²) in [6.07, 6.45) is 0. The number of fused-ring (bicyclic) bond motifs is 6. The maximum absolute atomic E-state index is 13.1. The zero-order chi connectivity index (χ0) is 21.8. The van der Waals surface area contributed by atoms with Crippen molar-refractivity contribution < 1.29 is 9.47 Å². The number of nitrogens with one attached hydrogen (secondary N) is 1. The van der Waals surface area contributed by atoms with Gasteiger partial charge in [-0.1, -0.05) is 24.3 Å². The van der Waals surface area contributed by atoms with Crippen molar-refractivity contribution >= 4 is 44.0 Å². The fraction of sp³-hybridized carbons (Fsp3) is 0.333. The Morgan fingerprint density at radius 1 is 1.12 bits per heavy atom. The zero-order valence-electron chi connectivity index (χ0n) is 18.1. The van der Waals surface area contributed by atoms with Crippen molar-refractivity contribution in [3.8, 4) is 11.5 Å². The molecule has 172 valence electrons. The van der Waals surface area contributed by atoms with E-state index in [2.05, 4.69) is 9.88 Å². The number of rotatable bonds is 4. The van der Waals surface area contributed by atoms with Gasteiger partial charge in [-0.2, -0.15) is 0 Å². The highest BCUT2D eigenvalue weighted by atomic mass is 35.5. The van der Waals surface area contributed by atoms with Gasteiger partial charge in [-0.15, -0.1) is 23.7 Å². The first-order valence-corrected chi connectivity index (χ1v) is 11.6. The molecule has 2 aliphatic rings. The minimum atomic E-state index is -0.349. The van der Waals surface area contributed by atoms with Gasteiger partial charge in [0.15, 0.2) is 0 Å². The molecule has 2 aromatic carbocycles. The number of aromatic nitrogens is 2. The number of benzene rings is 2. The molecule has 0 spiro atoms. The summed E-state index contributed by atoms with van der Waals surface area (Å²) in [5, 5.41) is 0.921. The number of halogens is 1. The highest BCUT2D eigenvalue weighted by molar-refractivity contribution is 7.25. The summed E-state index contributed by atoms with van der Waals surface area (Å²) in [6, 6.07) is 13.7. The molecule has 0 unspecified atom stereocenters. The maximum atomic E-state index is 13.1. The second-order valence-electron chi connectivity index (χ2n) is 8.50. The SMILES string of the molecule is COc1cccc2c1[C@@H]1CN(CCn3c(=O)[nH]c4c(sc5ccccc54)c3=O)C[C@@H]1CO2.Cl. The Hall–Kier alpha value is -2.81. The monoisotopic (exact) mass is 485 g/mol. The molecule has 0 saturated carbocycles. The van der Waals surface area contributed by atoms with E-state index in [1.807, 2.05) is 42.5 Å². The highest BCUT2D eigenvalue weighted by Crippen LogP contribution is 2.45. The molecule has 2 aromatic heterocycles. The van der Waals surface area contributed by atoms with E-state index >= 15 is 0 Å². The van der Waals surface area contributed by atoms with Crippen molar-refractivity contribution in [1.29, 1.82) is 0 Å². The number of aromatic amines is 1. The quantitative estimate of drug-likeness (QED) is 0.479. The molecular weight excluding hydrogens is 462 g/mol. The van der Waals surface area contributed by atoms with E-state index < -0.39 is 0 Å². The van der Waals surface area contributed by atoms with Crippen LogP contribution in [-0.4, -0.2) is 47.8 Å². The normalized spacial score (nSPS) is 19.7. The first-order chi connectivity index (χ1) is 15.6. The standard InChI is InChI=1S/C24H23N3O4S.ClH/c1-30-17-6-4-7-18-20(17)16-12-26(11-14(16)13-31-18)9-10-27-23(28)22-21(25-24(27)29)15-5-2-3-8-19(15)32-22;/h2-8,14,16H,9-13H2,1H3,(H,25,29);1H/t14-,16-;/m1./s1. The van der Waals surface area contributed by atoms with Crippen molar-refractivity contribution in [2.45, 2.75) is 12.5 Å². The van der Waals surface area contributed by atoms with Gasteiger partial charge in [0.05, 0.1) is 19.2 Å². The predicted molar refractivity (Wildman–Crippen MR) is 133 cm³/mol. The van der Waals surface area contributed by atoms with Crippen LogP contribution in [0.1, 0.15) is 11.5 Å². The Morgan fingerprint density at radius 3 is 2.82 bits per heavy atom. The molecule has 2 aliphatic heterocycles. The molecule has 1 N–H and O–H groups in total. The zero-order valence-corrected chi connectivity index (χ0v) is 19.7. The average molecular weight is 486 g/mol. The van der Waals surface area contributed by atoms with Crippen LogP contribution in [0.5, 0.6) is 11.5 Å². The van der Waals surface area contributed by atoms with Crippen LogP contribution in [-0.2, 0) is 6.54 Å². The summed E-state index contributed by atoms with van der Waals surface area (Å²) in [7, 11) is 1.69. The summed E-state index contributed by atoms with van der Waals surface area (Å²) in [6.45, 7) is 3.41. The van der Waals surface area contributed by atoms with Gasteiger partial charge in [-0.05, 0) is 18.2 Å². The Morgan fingerprint density at radius 2 is 1.97 bits per heavy atom. The number of methoxy groups -OCH3 is 1. The Kier molecular flexibility index (Phi) is 5.68. The van der Waals surface area contributed by atoms with E-state index in [0.717, 1.165) is 40.2 Å². The van der Waals surface area contributed by atoms with E-state index in [9.17, 15) is 9.59 Å². The average Bonchev–Trinajstić information content (AvgIpc) is 3.40. The van der Waals surface area contributed by atoms with E-state index in [1.165, 1.54) is 15.9 Å². The first kappa shape index (κ1) is 22.0. The summed E-state index contributed by atoms with van der Waals surface area (Å²) in [5.74, 6) is 2.46. The number of hydrogen-bond donors (Lipinski definition) is 1. The summed E-state index contributed by atoms with van der Waals surface area (Å²) >= 11 is 1.43. The van der Waals surface area contributed by atoms with Crippen LogP contribution in [0.3, 0.4) is 0 Å². The van der Waals surface area contributed by atoms with Gasteiger partial charge in [0, 0.05) is 53.7 Å². The molecule has 33 heavy (non-hydrogen) atoms. The largest absolute Gasteiger partial charge is 0.496 e. The summed E-state index contributed by atoms with van der Waals surface area (Å²) in [4.78, 5) is 31.1. The Bertz CT molecular complexity index is 1450. The van der Waals surface area contributed by atoms with Crippen LogP contribution in [0.15, 0.2) is 52.1 Å². The molecule has 6 rings (SSSR count). The number of thiophene rings is 1. The lowest BCUT2D eigenvalue weighted by atomic mass is 9.86. The van der Waals surface area contributed by atoms with Crippen molar-refractivity contribution in [1.82, 2.24) is 14.5 Å². The molecule has 9 heteroatoms. The molecular formula is C24H24ClN3O4S. The van der Waals surface area contributed by atoms with Gasteiger partial charge >= 0.3 is 5.69 Å². The van der Waals surface area contributed by atoms with E-state index in [1.54, 1.807) is 7.11 Å².